The molecule has 0 bridgehead atoms. The second-order valence-electron chi connectivity index (χ2n) is 8.28. The lowest BCUT2D eigenvalue weighted by Gasteiger charge is -2.08. The summed E-state index contributed by atoms with van der Waals surface area (Å²) in [4.78, 5) is 17.5. The number of carbonyl (C=O) groups excluding carboxylic acids is 1. The van der Waals surface area contributed by atoms with Crippen molar-refractivity contribution >= 4 is 22.9 Å². The summed E-state index contributed by atoms with van der Waals surface area (Å²) < 4.78 is 13.6. The van der Waals surface area contributed by atoms with Gasteiger partial charge in [-0.05, 0) is 59.7 Å². The number of ketones is 1. The molecule has 6 nitrogen and oxygen atoms in total. The number of allylic oxidation sites excluding steroid dienone is 1. The molecule has 2 aromatic heterocycles. The number of pyridine rings is 1. The maximum atomic E-state index is 12.9. The summed E-state index contributed by atoms with van der Waals surface area (Å²) >= 11 is 0. The highest BCUT2D eigenvalue weighted by atomic mass is 16.5. The van der Waals surface area contributed by atoms with E-state index in [1.807, 2.05) is 78.5 Å². The van der Waals surface area contributed by atoms with Crippen molar-refractivity contribution < 1.29 is 19.4 Å². The maximum Gasteiger partial charge on any atom is 0.235 e. The minimum Gasteiger partial charge on any atom is -0.507 e. The summed E-state index contributed by atoms with van der Waals surface area (Å²) in [6, 6.07) is 24.2. The van der Waals surface area contributed by atoms with Gasteiger partial charge in [-0.2, -0.15) is 0 Å². The molecule has 0 aliphatic carbocycles. The van der Waals surface area contributed by atoms with Gasteiger partial charge in [0.05, 0.1) is 0 Å². The zero-order chi connectivity index (χ0) is 23.9. The molecule has 1 aliphatic heterocycles. The standard InChI is InChI=1S/C29H20N2O4/c1-31-17-19(16-25-28(33)27-23(32)8-5-9-24(27)35-25)26-22(14-15-30-29(26)31)18-10-12-21(13-11-18)34-20-6-3-2-4-7-20/h2-17,32H,1H3. The maximum absolute atomic E-state index is 12.9. The Kier molecular flexibility index (Phi) is 4.85. The molecule has 3 heterocycles. The number of aromatic hydroxyl groups is 1. The molecule has 0 unspecified atom stereocenters. The van der Waals surface area contributed by atoms with E-state index in [2.05, 4.69) is 4.98 Å². The van der Waals surface area contributed by atoms with Crippen LogP contribution in [0.1, 0.15) is 15.9 Å². The molecule has 0 fully saturated rings. The van der Waals surface area contributed by atoms with Crippen molar-refractivity contribution in [1.82, 2.24) is 9.55 Å². The molecular formula is C29H20N2O4. The zero-order valence-corrected chi connectivity index (χ0v) is 18.8. The molecule has 170 valence electrons. The van der Waals surface area contributed by atoms with Crippen LogP contribution in [-0.2, 0) is 7.05 Å². The van der Waals surface area contributed by atoms with E-state index in [-0.39, 0.29) is 22.9 Å². The van der Waals surface area contributed by atoms with Crippen molar-refractivity contribution in [3.8, 4) is 34.1 Å². The van der Waals surface area contributed by atoms with Gasteiger partial charge in [-0.15, -0.1) is 0 Å². The van der Waals surface area contributed by atoms with Crippen LogP contribution in [-0.4, -0.2) is 20.4 Å². The first-order chi connectivity index (χ1) is 17.1. The molecule has 5 aromatic rings. The Morgan fingerprint density at radius 3 is 2.49 bits per heavy atom. The first-order valence-electron chi connectivity index (χ1n) is 11.1. The molecule has 3 aromatic carbocycles. The van der Waals surface area contributed by atoms with Crippen LogP contribution in [0.25, 0.3) is 28.2 Å². The molecule has 1 aliphatic rings. The molecule has 0 saturated heterocycles. The monoisotopic (exact) mass is 460 g/mol. The number of Topliss-reactive ketones (excluding diaryl/α,β-unsaturated/α-hetero) is 1. The van der Waals surface area contributed by atoms with Crippen molar-refractivity contribution in [1.29, 1.82) is 0 Å². The van der Waals surface area contributed by atoms with E-state index < -0.39 is 0 Å². The number of carbonyl (C=O) groups is 1. The molecule has 0 saturated carbocycles. The summed E-state index contributed by atoms with van der Waals surface area (Å²) in [6.07, 6.45) is 5.40. The van der Waals surface area contributed by atoms with E-state index >= 15 is 0 Å². The number of aryl methyl sites for hydroxylation is 1. The van der Waals surface area contributed by atoms with Crippen LogP contribution in [0.15, 0.2) is 97.0 Å². The van der Waals surface area contributed by atoms with Crippen LogP contribution in [0, 0.1) is 0 Å². The lowest BCUT2D eigenvalue weighted by atomic mass is 10.0. The van der Waals surface area contributed by atoms with Crippen molar-refractivity contribution in [3.63, 3.8) is 0 Å². The van der Waals surface area contributed by atoms with Gasteiger partial charge >= 0.3 is 0 Å². The molecule has 0 radical (unpaired) electrons. The Morgan fingerprint density at radius 1 is 0.943 bits per heavy atom. The predicted molar refractivity (Wildman–Crippen MR) is 134 cm³/mol. The molecule has 35 heavy (non-hydrogen) atoms. The van der Waals surface area contributed by atoms with E-state index in [9.17, 15) is 9.90 Å². The van der Waals surface area contributed by atoms with E-state index in [0.717, 1.165) is 39.2 Å². The first kappa shape index (κ1) is 20.7. The van der Waals surface area contributed by atoms with E-state index in [1.54, 1.807) is 24.4 Å². The molecule has 6 heteroatoms. The minimum atomic E-state index is -0.344. The highest BCUT2D eigenvalue weighted by Gasteiger charge is 2.30. The number of benzene rings is 3. The number of phenols is 1. The van der Waals surface area contributed by atoms with Crippen LogP contribution in [0.2, 0.25) is 0 Å². The van der Waals surface area contributed by atoms with Crippen LogP contribution in [0.5, 0.6) is 23.0 Å². The third-order valence-corrected chi connectivity index (χ3v) is 5.99. The fraction of sp³-hybridized carbons (Fsp3) is 0.0345. The van der Waals surface area contributed by atoms with Crippen LogP contribution in [0.4, 0.5) is 0 Å². The average molecular weight is 460 g/mol. The van der Waals surface area contributed by atoms with Gasteiger partial charge in [0.2, 0.25) is 5.78 Å². The number of hydrogen-bond donors (Lipinski definition) is 1. The van der Waals surface area contributed by atoms with Gasteiger partial charge in [0.25, 0.3) is 0 Å². The quantitative estimate of drug-likeness (QED) is 0.316. The Morgan fingerprint density at radius 2 is 1.71 bits per heavy atom. The van der Waals surface area contributed by atoms with Gasteiger partial charge in [0, 0.05) is 30.4 Å². The fourth-order valence-electron chi connectivity index (χ4n) is 4.37. The summed E-state index contributed by atoms with van der Waals surface area (Å²) in [5.41, 5.74) is 3.73. The van der Waals surface area contributed by atoms with E-state index in [0.29, 0.717) is 5.75 Å². The molecule has 0 spiro atoms. The number of para-hydroxylation sites is 1. The van der Waals surface area contributed by atoms with Crippen molar-refractivity contribution in [2.24, 2.45) is 7.05 Å². The zero-order valence-electron chi connectivity index (χ0n) is 18.8. The second-order valence-corrected chi connectivity index (χ2v) is 8.28. The van der Waals surface area contributed by atoms with Gasteiger partial charge in [-0.25, -0.2) is 4.98 Å². The van der Waals surface area contributed by atoms with Crippen LogP contribution < -0.4 is 9.47 Å². The Bertz CT molecular complexity index is 1620. The molecule has 6 rings (SSSR count). The number of ether oxygens (including phenoxy) is 2. The summed E-state index contributed by atoms with van der Waals surface area (Å²) in [6.45, 7) is 0. The van der Waals surface area contributed by atoms with E-state index in [4.69, 9.17) is 9.47 Å². The second kappa shape index (κ2) is 8.18. The normalized spacial score (nSPS) is 13.7. The topological polar surface area (TPSA) is 73.6 Å². The summed E-state index contributed by atoms with van der Waals surface area (Å²) in [7, 11) is 1.91. The highest BCUT2D eigenvalue weighted by molar-refractivity contribution is 6.17. The van der Waals surface area contributed by atoms with Crippen molar-refractivity contribution in [2.45, 2.75) is 0 Å². The molecule has 0 amide bonds. The third-order valence-electron chi connectivity index (χ3n) is 5.99. The van der Waals surface area contributed by atoms with Crippen LogP contribution in [0.3, 0.4) is 0 Å². The molecular weight excluding hydrogens is 440 g/mol. The molecule has 1 N–H and O–H groups in total. The lowest BCUT2D eigenvalue weighted by molar-refractivity contribution is 0.101. The Balaban J connectivity index is 1.40. The van der Waals surface area contributed by atoms with Crippen LogP contribution >= 0.6 is 0 Å². The number of hydrogen-bond acceptors (Lipinski definition) is 5. The lowest BCUT2D eigenvalue weighted by Crippen LogP contribution is -1.98. The van der Waals surface area contributed by atoms with Crippen molar-refractivity contribution in [3.05, 3.63) is 108 Å². The summed E-state index contributed by atoms with van der Waals surface area (Å²) in [5, 5.41) is 11.0. The number of fused-ring (bicyclic) bond motifs is 2. The molecule has 0 atom stereocenters. The van der Waals surface area contributed by atoms with Gasteiger partial charge in [0.15, 0.2) is 5.76 Å². The fourth-order valence-corrected chi connectivity index (χ4v) is 4.37. The average Bonchev–Trinajstić information content (AvgIpc) is 3.37. The van der Waals surface area contributed by atoms with Gasteiger partial charge in [-0.1, -0.05) is 36.4 Å². The number of nitrogens with zero attached hydrogens (tertiary/aromatic N) is 2. The first-order valence-corrected chi connectivity index (χ1v) is 11.1. The summed E-state index contributed by atoms with van der Waals surface area (Å²) in [5.74, 6) is 1.60. The minimum absolute atomic E-state index is 0.0889. The number of rotatable bonds is 4. The van der Waals surface area contributed by atoms with E-state index in [1.165, 1.54) is 6.07 Å². The SMILES string of the molecule is Cn1cc(C=C2Oc3cccc(O)c3C2=O)c2c(-c3ccc(Oc4ccccc4)cc3)ccnc21. The third kappa shape index (κ3) is 3.61. The van der Waals surface area contributed by atoms with Gasteiger partial charge < -0.3 is 19.1 Å². The number of aromatic nitrogens is 2. The van der Waals surface area contributed by atoms with Gasteiger partial charge in [-0.3, -0.25) is 4.79 Å². The smallest absolute Gasteiger partial charge is 0.235 e. The Hall–Kier alpha value is -4.84. The Labute approximate surface area is 201 Å². The largest absolute Gasteiger partial charge is 0.507 e. The predicted octanol–water partition coefficient (Wildman–Crippen LogP) is 6.35. The van der Waals surface area contributed by atoms with Gasteiger partial charge in [0.1, 0.15) is 34.2 Å². The number of phenolic OH excluding ortho intramolecular Hbond substituents is 1. The highest BCUT2D eigenvalue weighted by Crippen LogP contribution is 2.39. The van der Waals surface area contributed by atoms with Crippen molar-refractivity contribution in [2.75, 3.05) is 0 Å².